The van der Waals surface area contributed by atoms with Crippen LogP contribution in [0.25, 0.3) is 0 Å². The van der Waals surface area contributed by atoms with E-state index in [4.69, 9.17) is 8.85 Å². The summed E-state index contributed by atoms with van der Waals surface area (Å²) >= 11 is 0. The maximum absolute atomic E-state index is 6.53. The smallest absolute Gasteiger partial charge is 0.191 e. The second-order valence-corrected chi connectivity index (χ2v) is 15.9. The molecule has 0 aliphatic rings. The summed E-state index contributed by atoms with van der Waals surface area (Å²) in [5.41, 5.74) is 1.31. The zero-order valence-corrected chi connectivity index (χ0v) is 17.6. The van der Waals surface area contributed by atoms with Gasteiger partial charge in [0.1, 0.15) is 0 Å². The first-order valence-corrected chi connectivity index (χ1v) is 14.4. The van der Waals surface area contributed by atoms with E-state index in [0.717, 1.165) is 13.2 Å². The lowest BCUT2D eigenvalue weighted by atomic mass is 10.4. The summed E-state index contributed by atoms with van der Waals surface area (Å²) in [6.45, 7) is 15.8. The quantitative estimate of drug-likeness (QED) is 0.281. The molecular formula is C17H40O2Si2. The molecular weight excluding hydrogens is 292 g/mol. The van der Waals surface area contributed by atoms with E-state index >= 15 is 0 Å². The van der Waals surface area contributed by atoms with Crippen molar-refractivity contribution in [2.24, 2.45) is 0 Å². The first-order valence-electron chi connectivity index (χ1n) is 9.35. The lowest BCUT2D eigenvalue weighted by Gasteiger charge is -2.39. The van der Waals surface area contributed by atoms with Gasteiger partial charge in [-0.1, -0.05) is 54.4 Å². The first kappa shape index (κ1) is 21.4. The lowest BCUT2D eigenvalue weighted by molar-refractivity contribution is 0.278. The fourth-order valence-electron chi connectivity index (χ4n) is 2.96. The Balaban J connectivity index is 4.85. The van der Waals surface area contributed by atoms with Crippen molar-refractivity contribution in [3.8, 4) is 0 Å². The molecule has 0 amide bonds. The van der Waals surface area contributed by atoms with Crippen LogP contribution in [0.5, 0.6) is 0 Å². The first-order chi connectivity index (χ1) is 10.1. The van der Waals surface area contributed by atoms with Crippen LogP contribution in [0.2, 0.25) is 29.8 Å². The van der Waals surface area contributed by atoms with Gasteiger partial charge in [0, 0.05) is 13.2 Å². The molecule has 21 heavy (non-hydrogen) atoms. The molecule has 0 rings (SSSR count). The van der Waals surface area contributed by atoms with Crippen molar-refractivity contribution < 1.29 is 8.85 Å². The molecule has 0 unspecified atom stereocenters. The van der Waals surface area contributed by atoms with E-state index in [1.165, 1.54) is 55.5 Å². The van der Waals surface area contributed by atoms with E-state index in [0.29, 0.717) is 0 Å². The summed E-state index contributed by atoms with van der Waals surface area (Å²) in [5, 5.41) is 0. The predicted molar refractivity (Wildman–Crippen MR) is 100.0 cm³/mol. The van der Waals surface area contributed by atoms with Crippen LogP contribution >= 0.6 is 0 Å². The average Bonchev–Trinajstić information content (AvgIpc) is 2.53. The van der Waals surface area contributed by atoms with Crippen molar-refractivity contribution in [3.05, 3.63) is 0 Å². The summed E-state index contributed by atoms with van der Waals surface area (Å²) in [6.07, 6.45) is 4.88. The topological polar surface area (TPSA) is 18.5 Å². The fraction of sp³-hybridized carbons (Fsp3) is 1.00. The molecule has 0 aromatic heterocycles. The standard InChI is InChI=1S/C17H40O2Si2/c1-7-13-15-18-20(9-3,10-4)17-21(11-5,12-6)19-16-14-8-2/h7-17H2,1-6H3. The van der Waals surface area contributed by atoms with E-state index in [1.807, 2.05) is 0 Å². The van der Waals surface area contributed by atoms with Crippen molar-refractivity contribution in [1.29, 1.82) is 0 Å². The van der Waals surface area contributed by atoms with E-state index < -0.39 is 16.6 Å². The number of rotatable bonds is 14. The highest BCUT2D eigenvalue weighted by atomic mass is 28.4. The second kappa shape index (κ2) is 11.9. The Morgan fingerprint density at radius 2 is 0.905 bits per heavy atom. The number of hydrogen-bond acceptors (Lipinski definition) is 2. The summed E-state index contributed by atoms with van der Waals surface area (Å²) in [7, 11) is -3.16. The molecule has 0 heterocycles. The third kappa shape index (κ3) is 7.44. The molecule has 0 aliphatic heterocycles. The summed E-state index contributed by atoms with van der Waals surface area (Å²) in [5.74, 6) is 0. The van der Waals surface area contributed by atoms with Gasteiger partial charge in [0.2, 0.25) is 0 Å². The SMILES string of the molecule is CCCCO[Si](CC)(CC)C[Si](CC)(CC)OCCCC. The lowest BCUT2D eigenvalue weighted by Crippen LogP contribution is -2.50. The minimum absolute atomic E-state index is 0.970. The van der Waals surface area contributed by atoms with Crippen LogP contribution in [0.3, 0.4) is 0 Å². The van der Waals surface area contributed by atoms with Crippen molar-refractivity contribution in [3.63, 3.8) is 0 Å². The Morgan fingerprint density at radius 3 is 1.14 bits per heavy atom. The highest BCUT2D eigenvalue weighted by Gasteiger charge is 2.43. The Kier molecular flexibility index (Phi) is 12.1. The molecule has 0 saturated carbocycles. The van der Waals surface area contributed by atoms with E-state index in [1.54, 1.807) is 0 Å². The molecule has 0 aromatic rings. The predicted octanol–water partition coefficient (Wildman–Crippen LogP) is 6.13. The largest absolute Gasteiger partial charge is 0.417 e. The van der Waals surface area contributed by atoms with Gasteiger partial charge in [-0.05, 0) is 42.7 Å². The number of hydrogen-bond donors (Lipinski definition) is 0. The van der Waals surface area contributed by atoms with Crippen LogP contribution in [0.1, 0.15) is 67.2 Å². The summed E-state index contributed by atoms with van der Waals surface area (Å²) < 4.78 is 13.1. The van der Waals surface area contributed by atoms with Gasteiger partial charge in [0.25, 0.3) is 0 Å². The van der Waals surface area contributed by atoms with Crippen LogP contribution in [0.15, 0.2) is 0 Å². The molecule has 0 radical (unpaired) electrons. The van der Waals surface area contributed by atoms with Gasteiger partial charge in [0.15, 0.2) is 16.6 Å². The Labute approximate surface area is 136 Å². The summed E-state index contributed by atoms with van der Waals surface area (Å²) in [6, 6.07) is 5.00. The molecule has 0 fully saturated rings. The maximum atomic E-state index is 6.53. The average molecular weight is 333 g/mol. The van der Waals surface area contributed by atoms with Gasteiger partial charge in [-0.2, -0.15) is 0 Å². The van der Waals surface area contributed by atoms with Crippen molar-refractivity contribution >= 4 is 16.6 Å². The van der Waals surface area contributed by atoms with Crippen molar-refractivity contribution in [1.82, 2.24) is 0 Å². The molecule has 128 valence electrons. The molecule has 0 spiro atoms. The zero-order chi connectivity index (χ0) is 16.2. The molecule has 0 atom stereocenters. The van der Waals surface area contributed by atoms with Gasteiger partial charge in [-0.25, -0.2) is 0 Å². The molecule has 0 aromatic carbocycles. The van der Waals surface area contributed by atoms with E-state index in [2.05, 4.69) is 41.5 Å². The maximum Gasteiger partial charge on any atom is 0.191 e. The summed E-state index contributed by atoms with van der Waals surface area (Å²) in [4.78, 5) is 0. The second-order valence-electron chi connectivity index (χ2n) is 6.36. The van der Waals surface area contributed by atoms with Crippen molar-refractivity contribution in [2.45, 2.75) is 97.1 Å². The highest BCUT2D eigenvalue weighted by molar-refractivity contribution is 6.91. The fourth-order valence-corrected chi connectivity index (χ4v) is 15.4. The normalized spacial score (nSPS) is 12.9. The molecule has 4 heteroatoms. The van der Waals surface area contributed by atoms with Gasteiger partial charge in [-0.3, -0.25) is 0 Å². The van der Waals surface area contributed by atoms with E-state index in [9.17, 15) is 0 Å². The van der Waals surface area contributed by atoms with Crippen LogP contribution < -0.4 is 0 Å². The Morgan fingerprint density at radius 1 is 0.571 bits per heavy atom. The van der Waals surface area contributed by atoms with Gasteiger partial charge < -0.3 is 8.85 Å². The Bertz CT molecular complexity index is 215. The Hall–Kier alpha value is 0.354. The van der Waals surface area contributed by atoms with Crippen molar-refractivity contribution in [2.75, 3.05) is 13.2 Å². The molecule has 0 saturated heterocycles. The molecule has 2 nitrogen and oxygen atoms in total. The molecule has 0 N–H and O–H groups in total. The monoisotopic (exact) mass is 332 g/mol. The third-order valence-corrected chi connectivity index (χ3v) is 17.0. The van der Waals surface area contributed by atoms with Gasteiger partial charge in [0.05, 0.1) is 0 Å². The number of unbranched alkanes of at least 4 members (excludes halogenated alkanes) is 2. The minimum atomic E-state index is -1.58. The molecule has 0 aliphatic carbocycles. The van der Waals surface area contributed by atoms with Crippen LogP contribution in [0, 0.1) is 0 Å². The van der Waals surface area contributed by atoms with Crippen LogP contribution in [0.4, 0.5) is 0 Å². The third-order valence-electron chi connectivity index (χ3n) is 5.03. The van der Waals surface area contributed by atoms with Crippen LogP contribution in [-0.2, 0) is 8.85 Å². The zero-order valence-electron chi connectivity index (χ0n) is 15.6. The van der Waals surface area contributed by atoms with E-state index in [-0.39, 0.29) is 0 Å². The van der Waals surface area contributed by atoms with Crippen LogP contribution in [-0.4, -0.2) is 29.8 Å². The van der Waals surface area contributed by atoms with Gasteiger partial charge >= 0.3 is 0 Å². The minimum Gasteiger partial charge on any atom is -0.417 e. The highest BCUT2D eigenvalue weighted by Crippen LogP contribution is 2.33. The van der Waals surface area contributed by atoms with Gasteiger partial charge in [-0.15, -0.1) is 0 Å². The molecule has 0 bridgehead atoms.